The Morgan fingerprint density at radius 2 is 1.93 bits per heavy atom. The fourth-order valence-electron chi connectivity index (χ4n) is 4.99. The minimum absolute atomic E-state index is 0.0331. The molecule has 4 rings (SSSR count). The van der Waals surface area contributed by atoms with E-state index in [4.69, 9.17) is 0 Å². The Kier molecular flexibility index (Phi) is 1.76. The van der Waals surface area contributed by atoms with Crippen LogP contribution in [0.4, 0.5) is 0 Å². The number of fused-ring (bicyclic) bond motifs is 1. The van der Waals surface area contributed by atoms with Gasteiger partial charge in [-0.15, -0.1) is 0 Å². The van der Waals surface area contributed by atoms with Crippen LogP contribution >= 0.6 is 0 Å². The normalized spacial score (nSPS) is 58.3. The standard InChI is InChI=1S/C14H22O/c1-9-4-6-14(3)12(15)10-5-7-13(14,2)11(9)8-10/h9-11H,4-8H2,1-3H3/t9-,10+,11-,13-,14-/m1/s1. The highest BCUT2D eigenvalue weighted by Crippen LogP contribution is 2.67. The molecule has 4 aliphatic carbocycles. The number of carbonyl (C=O) groups is 1. The van der Waals surface area contributed by atoms with Crippen LogP contribution in [0.2, 0.25) is 0 Å². The van der Waals surface area contributed by atoms with E-state index in [2.05, 4.69) is 20.8 Å². The summed E-state index contributed by atoms with van der Waals surface area (Å²) in [6, 6.07) is 0. The monoisotopic (exact) mass is 206 g/mol. The quantitative estimate of drug-likeness (QED) is 0.593. The van der Waals surface area contributed by atoms with Gasteiger partial charge in [-0.3, -0.25) is 4.79 Å². The third-order valence-corrected chi connectivity index (χ3v) is 6.33. The second-order valence-corrected chi connectivity index (χ2v) is 6.71. The van der Waals surface area contributed by atoms with Crippen molar-refractivity contribution in [1.29, 1.82) is 0 Å². The molecule has 5 atom stereocenters. The second kappa shape index (κ2) is 2.67. The number of carbonyl (C=O) groups excluding carboxylic acids is 1. The first-order valence-electron chi connectivity index (χ1n) is 6.53. The van der Waals surface area contributed by atoms with Crippen LogP contribution in [0.1, 0.15) is 52.9 Å². The molecule has 0 saturated heterocycles. The van der Waals surface area contributed by atoms with Gasteiger partial charge in [0.1, 0.15) is 5.78 Å². The number of hydrogen-bond acceptors (Lipinski definition) is 1. The summed E-state index contributed by atoms with van der Waals surface area (Å²) in [5, 5.41) is 0. The minimum atomic E-state index is 0.0331. The molecule has 0 radical (unpaired) electrons. The van der Waals surface area contributed by atoms with E-state index in [1.807, 2.05) is 0 Å². The zero-order valence-electron chi connectivity index (χ0n) is 10.2. The van der Waals surface area contributed by atoms with Gasteiger partial charge in [0.05, 0.1) is 0 Å². The van der Waals surface area contributed by atoms with Crippen molar-refractivity contribution in [3.8, 4) is 0 Å². The Bertz CT molecular complexity index is 321. The molecule has 0 heterocycles. The smallest absolute Gasteiger partial charge is 0.142 e. The van der Waals surface area contributed by atoms with Crippen LogP contribution in [0.3, 0.4) is 0 Å². The molecule has 84 valence electrons. The molecule has 0 unspecified atom stereocenters. The van der Waals surface area contributed by atoms with Crippen molar-refractivity contribution in [3.05, 3.63) is 0 Å². The topological polar surface area (TPSA) is 17.1 Å². The average molecular weight is 206 g/mol. The number of Topliss-reactive ketones (excluding diaryl/α,β-unsaturated/α-hetero) is 1. The van der Waals surface area contributed by atoms with Gasteiger partial charge >= 0.3 is 0 Å². The SMILES string of the molecule is C[C@@H]1CC[C@]2(C)C(=O)[C@H]3CC[C@]2(C)[C@@H]1C3. The van der Waals surface area contributed by atoms with Gasteiger partial charge < -0.3 is 0 Å². The van der Waals surface area contributed by atoms with Gasteiger partial charge in [-0.2, -0.15) is 0 Å². The summed E-state index contributed by atoms with van der Waals surface area (Å²) in [5.41, 5.74) is 0.363. The number of hydrogen-bond donors (Lipinski definition) is 0. The van der Waals surface area contributed by atoms with Crippen molar-refractivity contribution in [3.63, 3.8) is 0 Å². The van der Waals surface area contributed by atoms with Crippen molar-refractivity contribution >= 4 is 5.78 Å². The molecule has 0 N–H and O–H groups in total. The van der Waals surface area contributed by atoms with Crippen molar-refractivity contribution in [2.24, 2.45) is 28.6 Å². The Balaban J connectivity index is 2.11. The number of rotatable bonds is 0. The summed E-state index contributed by atoms with van der Waals surface area (Å²) in [4.78, 5) is 12.4. The maximum Gasteiger partial charge on any atom is 0.142 e. The highest BCUT2D eigenvalue weighted by atomic mass is 16.1. The molecular weight excluding hydrogens is 184 g/mol. The van der Waals surface area contributed by atoms with Crippen LogP contribution in [-0.2, 0) is 4.79 Å². The van der Waals surface area contributed by atoms with E-state index >= 15 is 0 Å². The highest BCUT2D eigenvalue weighted by Gasteiger charge is 2.64. The van der Waals surface area contributed by atoms with Gasteiger partial charge in [-0.05, 0) is 49.4 Å². The van der Waals surface area contributed by atoms with Gasteiger partial charge in [0.15, 0.2) is 0 Å². The third kappa shape index (κ3) is 0.933. The molecule has 15 heavy (non-hydrogen) atoms. The van der Waals surface area contributed by atoms with Crippen LogP contribution in [-0.4, -0.2) is 5.78 Å². The molecule has 4 aliphatic rings. The van der Waals surface area contributed by atoms with Gasteiger partial charge in [0, 0.05) is 11.3 Å². The Labute approximate surface area is 92.6 Å². The first-order chi connectivity index (χ1) is 6.99. The Hall–Kier alpha value is -0.330. The molecule has 0 aromatic rings. The number of ketones is 1. The van der Waals surface area contributed by atoms with E-state index in [0.717, 1.165) is 18.3 Å². The molecular formula is C14H22O. The van der Waals surface area contributed by atoms with E-state index < -0.39 is 0 Å². The third-order valence-electron chi connectivity index (χ3n) is 6.33. The Morgan fingerprint density at radius 3 is 2.67 bits per heavy atom. The largest absolute Gasteiger partial charge is 0.299 e. The molecule has 0 amide bonds. The van der Waals surface area contributed by atoms with E-state index in [0.29, 0.717) is 17.1 Å². The van der Waals surface area contributed by atoms with E-state index in [1.165, 1.54) is 25.7 Å². The zero-order valence-corrected chi connectivity index (χ0v) is 10.2. The fraction of sp³-hybridized carbons (Fsp3) is 0.929. The first-order valence-corrected chi connectivity index (χ1v) is 6.53. The molecule has 1 nitrogen and oxygen atoms in total. The lowest BCUT2D eigenvalue weighted by Crippen LogP contribution is -2.62. The summed E-state index contributed by atoms with van der Waals surface area (Å²) < 4.78 is 0. The fourth-order valence-corrected chi connectivity index (χ4v) is 4.99. The first kappa shape index (κ1) is 9.86. The highest BCUT2D eigenvalue weighted by molar-refractivity contribution is 5.89. The van der Waals surface area contributed by atoms with Crippen LogP contribution in [0, 0.1) is 28.6 Å². The van der Waals surface area contributed by atoms with Crippen LogP contribution < -0.4 is 0 Å². The molecule has 4 fully saturated rings. The lowest BCUT2D eigenvalue weighted by Gasteiger charge is -2.64. The van der Waals surface area contributed by atoms with Crippen molar-refractivity contribution in [2.45, 2.75) is 52.9 Å². The van der Waals surface area contributed by atoms with Crippen molar-refractivity contribution in [1.82, 2.24) is 0 Å². The van der Waals surface area contributed by atoms with Crippen molar-refractivity contribution < 1.29 is 4.79 Å². The predicted molar refractivity (Wildman–Crippen MR) is 60.5 cm³/mol. The maximum atomic E-state index is 12.4. The second-order valence-electron chi connectivity index (χ2n) is 6.71. The summed E-state index contributed by atoms with van der Waals surface area (Å²) in [5.74, 6) is 2.70. The zero-order chi connectivity index (χ0) is 10.8. The Morgan fingerprint density at radius 1 is 1.20 bits per heavy atom. The molecule has 0 aliphatic heterocycles. The average Bonchev–Trinajstić information content (AvgIpc) is 2.21. The van der Waals surface area contributed by atoms with Crippen LogP contribution in [0.15, 0.2) is 0 Å². The van der Waals surface area contributed by atoms with E-state index in [9.17, 15) is 4.79 Å². The van der Waals surface area contributed by atoms with Crippen molar-refractivity contribution in [2.75, 3.05) is 0 Å². The molecule has 0 spiro atoms. The van der Waals surface area contributed by atoms with Gasteiger partial charge in [0.25, 0.3) is 0 Å². The van der Waals surface area contributed by atoms with E-state index in [1.54, 1.807) is 0 Å². The maximum absolute atomic E-state index is 12.4. The van der Waals surface area contributed by atoms with Gasteiger partial charge in [0.2, 0.25) is 0 Å². The minimum Gasteiger partial charge on any atom is -0.299 e. The summed E-state index contributed by atoms with van der Waals surface area (Å²) in [6.45, 7) is 7.07. The molecule has 0 aromatic carbocycles. The van der Waals surface area contributed by atoms with Crippen LogP contribution in [0.5, 0.6) is 0 Å². The van der Waals surface area contributed by atoms with Gasteiger partial charge in [-0.25, -0.2) is 0 Å². The predicted octanol–water partition coefficient (Wildman–Crippen LogP) is 3.43. The van der Waals surface area contributed by atoms with Gasteiger partial charge in [-0.1, -0.05) is 20.8 Å². The van der Waals surface area contributed by atoms with Crippen LogP contribution in [0.25, 0.3) is 0 Å². The lowest BCUT2D eigenvalue weighted by molar-refractivity contribution is -0.182. The lowest BCUT2D eigenvalue weighted by atomic mass is 9.38. The molecule has 1 heteroatoms. The summed E-state index contributed by atoms with van der Waals surface area (Å²) in [6.07, 6.45) is 6.10. The summed E-state index contributed by atoms with van der Waals surface area (Å²) >= 11 is 0. The van der Waals surface area contributed by atoms with E-state index in [-0.39, 0.29) is 5.41 Å². The molecule has 4 saturated carbocycles. The molecule has 0 aromatic heterocycles. The summed E-state index contributed by atoms with van der Waals surface area (Å²) in [7, 11) is 0. The molecule has 4 bridgehead atoms.